The zero-order valence-corrected chi connectivity index (χ0v) is 16.3. The fourth-order valence-electron chi connectivity index (χ4n) is 3.26. The molecule has 1 N–H and O–H groups in total. The van der Waals surface area contributed by atoms with Crippen molar-refractivity contribution in [2.75, 3.05) is 19.7 Å². The predicted octanol–water partition coefficient (Wildman–Crippen LogP) is 4.26. The van der Waals surface area contributed by atoms with Gasteiger partial charge in [0.2, 0.25) is 0 Å². The Morgan fingerprint density at radius 3 is 3.00 bits per heavy atom. The van der Waals surface area contributed by atoms with Gasteiger partial charge in [0.1, 0.15) is 5.65 Å². The molecule has 1 atom stereocenters. The minimum atomic E-state index is 0.142. The molecule has 0 saturated carbocycles. The third kappa shape index (κ3) is 3.47. The van der Waals surface area contributed by atoms with Gasteiger partial charge in [-0.15, -0.1) is 0 Å². The summed E-state index contributed by atoms with van der Waals surface area (Å²) >= 11 is 9.99. The van der Waals surface area contributed by atoms with E-state index >= 15 is 0 Å². The number of aromatic nitrogens is 2. The first kappa shape index (κ1) is 17.0. The van der Waals surface area contributed by atoms with Crippen LogP contribution in [-0.4, -0.2) is 35.2 Å². The molecule has 0 unspecified atom stereocenters. The van der Waals surface area contributed by atoms with E-state index in [-0.39, 0.29) is 6.10 Å². The maximum absolute atomic E-state index is 6.51. The molecule has 0 bridgehead atoms. The van der Waals surface area contributed by atoms with E-state index in [1.807, 2.05) is 18.2 Å². The minimum absolute atomic E-state index is 0.142. The lowest BCUT2D eigenvalue weighted by Gasteiger charge is -2.24. The molecule has 3 aromatic rings. The normalized spacial score (nSPS) is 18.0. The van der Waals surface area contributed by atoms with Crippen molar-refractivity contribution in [3.05, 3.63) is 57.3 Å². The third-order valence-corrected chi connectivity index (χ3v) is 5.30. The number of fused-ring (bicyclic) bond motifs is 1. The first-order valence-corrected chi connectivity index (χ1v) is 9.54. The highest BCUT2D eigenvalue weighted by Gasteiger charge is 2.22. The Labute approximate surface area is 160 Å². The maximum atomic E-state index is 6.51. The van der Waals surface area contributed by atoms with Crippen molar-refractivity contribution in [3.8, 4) is 11.3 Å². The van der Waals surface area contributed by atoms with Crippen molar-refractivity contribution in [1.82, 2.24) is 14.7 Å². The van der Waals surface area contributed by atoms with E-state index in [0.717, 1.165) is 53.2 Å². The number of imidazole rings is 1. The summed E-state index contributed by atoms with van der Waals surface area (Å²) in [4.78, 5) is 4.89. The second-order valence-corrected chi connectivity index (χ2v) is 7.69. The van der Waals surface area contributed by atoms with Gasteiger partial charge in [-0.3, -0.25) is 0 Å². The van der Waals surface area contributed by atoms with E-state index in [1.54, 1.807) is 0 Å². The lowest BCUT2D eigenvalue weighted by Crippen LogP contribution is -2.39. The number of aryl methyl sites for hydroxylation is 1. The fraction of sp³-hybridized carbons (Fsp3) is 0.316. The highest BCUT2D eigenvalue weighted by molar-refractivity contribution is 9.10. The van der Waals surface area contributed by atoms with Gasteiger partial charge in [0.15, 0.2) is 0 Å². The van der Waals surface area contributed by atoms with Gasteiger partial charge >= 0.3 is 0 Å². The van der Waals surface area contributed by atoms with Gasteiger partial charge in [0, 0.05) is 35.7 Å². The second-order valence-electron chi connectivity index (χ2n) is 6.36. The smallest absolute Gasteiger partial charge is 0.137 e. The standard InChI is InChI=1S/C19H19BrClN3O/c1-12-4-6-24-17(10-14-11-22-5-7-25-14)19(23-18(24)8-12)15-3-2-13(20)9-16(15)21/h2-4,6,8-9,14,22H,5,7,10-11H2,1H3/t14-/m0/s1. The van der Waals surface area contributed by atoms with Crippen LogP contribution in [-0.2, 0) is 11.2 Å². The molecule has 2 aromatic heterocycles. The predicted molar refractivity (Wildman–Crippen MR) is 104 cm³/mol. The summed E-state index contributed by atoms with van der Waals surface area (Å²) in [6.45, 7) is 4.59. The Morgan fingerprint density at radius 1 is 1.36 bits per heavy atom. The van der Waals surface area contributed by atoms with Crippen LogP contribution >= 0.6 is 27.5 Å². The van der Waals surface area contributed by atoms with Crippen LogP contribution in [0.1, 0.15) is 11.3 Å². The number of hydrogen-bond acceptors (Lipinski definition) is 3. The molecule has 130 valence electrons. The highest BCUT2D eigenvalue weighted by atomic mass is 79.9. The van der Waals surface area contributed by atoms with Crippen molar-refractivity contribution in [3.63, 3.8) is 0 Å². The SMILES string of the molecule is Cc1ccn2c(C[C@H]3CNCCO3)c(-c3ccc(Br)cc3Cl)nc2c1. The Hall–Kier alpha value is -1.40. The first-order chi connectivity index (χ1) is 12.1. The Bertz CT molecular complexity index is 918. The van der Waals surface area contributed by atoms with Gasteiger partial charge in [0.25, 0.3) is 0 Å². The molecule has 25 heavy (non-hydrogen) atoms. The molecule has 1 aliphatic rings. The molecule has 1 saturated heterocycles. The van der Waals surface area contributed by atoms with E-state index in [9.17, 15) is 0 Å². The summed E-state index contributed by atoms with van der Waals surface area (Å²) in [6, 6.07) is 10.1. The highest BCUT2D eigenvalue weighted by Crippen LogP contribution is 2.33. The molecule has 4 nitrogen and oxygen atoms in total. The Balaban J connectivity index is 1.85. The van der Waals surface area contributed by atoms with Gasteiger partial charge in [-0.2, -0.15) is 0 Å². The van der Waals surface area contributed by atoms with Crippen molar-refractivity contribution in [1.29, 1.82) is 0 Å². The zero-order valence-electron chi connectivity index (χ0n) is 13.9. The van der Waals surface area contributed by atoms with E-state index in [2.05, 4.69) is 50.9 Å². The van der Waals surface area contributed by atoms with Gasteiger partial charge in [0.05, 0.1) is 29.1 Å². The number of nitrogens with zero attached hydrogens (tertiary/aromatic N) is 2. The molecule has 6 heteroatoms. The lowest BCUT2D eigenvalue weighted by atomic mass is 10.1. The van der Waals surface area contributed by atoms with E-state index in [0.29, 0.717) is 5.02 Å². The molecular formula is C19H19BrClN3O. The molecular weight excluding hydrogens is 402 g/mol. The summed E-state index contributed by atoms with van der Waals surface area (Å²) in [5.41, 5.74) is 5.14. The molecule has 0 radical (unpaired) electrons. The van der Waals surface area contributed by atoms with Crippen LogP contribution in [0.2, 0.25) is 5.02 Å². The summed E-state index contributed by atoms with van der Waals surface area (Å²) in [5.74, 6) is 0. The quantitative estimate of drug-likeness (QED) is 0.688. The molecule has 1 aliphatic heterocycles. The van der Waals surface area contributed by atoms with Crippen LogP contribution in [0.4, 0.5) is 0 Å². The number of rotatable bonds is 3. The van der Waals surface area contributed by atoms with Gasteiger partial charge < -0.3 is 14.5 Å². The van der Waals surface area contributed by atoms with Crippen LogP contribution in [0.15, 0.2) is 41.0 Å². The molecule has 0 aliphatic carbocycles. The van der Waals surface area contributed by atoms with Crippen molar-refractivity contribution < 1.29 is 4.74 Å². The van der Waals surface area contributed by atoms with Crippen LogP contribution in [0, 0.1) is 6.92 Å². The summed E-state index contributed by atoms with van der Waals surface area (Å²) in [6.07, 6.45) is 3.02. The molecule has 0 spiro atoms. The molecule has 0 amide bonds. The maximum Gasteiger partial charge on any atom is 0.137 e. The number of benzene rings is 1. The largest absolute Gasteiger partial charge is 0.375 e. The van der Waals surface area contributed by atoms with Gasteiger partial charge in [-0.25, -0.2) is 4.98 Å². The number of ether oxygens (including phenoxy) is 1. The Morgan fingerprint density at radius 2 is 2.24 bits per heavy atom. The molecule has 1 fully saturated rings. The lowest BCUT2D eigenvalue weighted by molar-refractivity contribution is 0.0286. The van der Waals surface area contributed by atoms with E-state index in [4.69, 9.17) is 21.3 Å². The van der Waals surface area contributed by atoms with Crippen molar-refractivity contribution >= 4 is 33.2 Å². The van der Waals surface area contributed by atoms with Gasteiger partial charge in [-0.1, -0.05) is 33.6 Å². The van der Waals surface area contributed by atoms with Gasteiger partial charge in [-0.05, 0) is 36.8 Å². The zero-order chi connectivity index (χ0) is 17.4. The van der Waals surface area contributed by atoms with Crippen LogP contribution in [0.3, 0.4) is 0 Å². The second kappa shape index (κ2) is 7.08. The van der Waals surface area contributed by atoms with Crippen LogP contribution < -0.4 is 5.32 Å². The van der Waals surface area contributed by atoms with Crippen LogP contribution in [0.25, 0.3) is 16.9 Å². The first-order valence-electron chi connectivity index (χ1n) is 8.37. The molecule has 3 heterocycles. The third-order valence-electron chi connectivity index (χ3n) is 4.49. The topological polar surface area (TPSA) is 38.6 Å². The average Bonchev–Trinajstić information content (AvgIpc) is 2.93. The minimum Gasteiger partial charge on any atom is -0.375 e. The van der Waals surface area contributed by atoms with Crippen LogP contribution in [0.5, 0.6) is 0 Å². The number of nitrogens with one attached hydrogen (secondary N) is 1. The fourth-order valence-corrected chi connectivity index (χ4v) is 4.02. The molecule has 1 aromatic carbocycles. The van der Waals surface area contributed by atoms with E-state index in [1.165, 1.54) is 5.56 Å². The average molecular weight is 421 g/mol. The van der Waals surface area contributed by atoms with E-state index < -0.39 is 0 Å². The number of hydrogen-bond donors (Lipinski definition) is 1. The monoisotopic (exact) mass is 419 g/mol. The number of morpholine rings is 1. The van der Waals surface area contributed by atoms with Crippen molar-refractivity contribution in [2.45, 2.75) is 19.4 Å². The summed E-state index contributed by atoms with van der Waals surface area (Å²) in [5, 5.41) is 4.09. The number of pyridine rings is 1. The molecule has 4 rings (SSSR count). The number of halogens is 2. The summed E-state index contributed by atoms with van der Waals surface area (Å²) < 4.78 is 9.03. The summed E-state index contributed by atoms with van der Waals surface area (Å²) in [7, 11) is 0. The van der Waals surface area contributed by atoms with Crippen molar-refractivity contribution in [2.24, 2.45) is 0 Å². The Kier molecular flexibility index (Phi) is 4.82.